The quantitative estimate of drug-likeness (QED) is 0.360. The number of hydrogen-bond donors (Lipinski definition) is 1. The highest BCUT2D eigenvalue weighted by Gasteiger charge is 2.27. The van der Waals surface area contributed by atoms with Crippen molar-refractivity contribution in [1.82, 2.24) is 14.5 Å². The molecule has 0 aliphatic rings. The van der Waals surface area contributed by atoms with Crippen LogP contribution in [0.4, 0.5) is 4.79 Å². The van der Waals surface area contributed by atoms with E-state index < -0.39 is 11.6 Å². The first-order valence-electron chi connectivity index (χ1n) is 11.3. The topological polar surface area (TPSA) is 99.2 Å². The minimum atomic E-state index is -1.07. The first-order valence-corrected chi connectivity index (χ1v) is 11.3. The van der Waals surface area contributed by atoms with Crippen molar-refractivity contribution in [2.45, 2.75) is 32.7 Å². The van der Waals surface area contributed by atoms with Gasteiger partial charge < -0.3 is 10.0 Å². The third kappa shape index (κ3) is 4.78. The van der Waals surface area contributed by atoms with Gasteiger partial charge in [0.2, 0.25) is 5.91 Å². The van der Waals surface area contributed by atoms with Gasteiger partial charge in [0.25, 0.3) is 0 Å². The summed E-state index contributed by atoms with van der Waals surface area (Å²) in [6.07, 6.45) is 5.95. The summed E-state index contributed by atoms with van der Waals surface area (Å²) in [6.45, 7) is 5.46. The van der Waals surface area contributed by atoms with Crippen LogP contribution in [-0.4, -0.2) is 43.6 Å². The van der Waals surface area contributed by atoms with Crippen LogP contribution >= 0.6 is 0 Å². The second-order valence-electron chi connectivity index (χ2n) is 9.29. The molecule has 7 nitrogen and oxygen atoms in total. The molecule has 0 bridgehead atoms. The molecule has 7 heteroatoms. The van der Waals surface area contributed by atoms with Crippen LogP contribution in [0.25, 0.3) is 33.3 Å². The Labute approximate surface area is 203 Å². The highest BCUT2D eigenvalue weighted by molar-refractivity contribution is 6.06. The number of nitriles is 1. The van der Waals surface area contributed by atoms with Gasteiger partial charge in [-0.3, -0.25) is 14.3 Å². The molecule has 2 aromatic heterocycles. The van der Waals surface area contributed by atoms with E-state index in [4.69, 9.17) is 0 Å². The molecule has 0 saturated heterocycles. The molecule has 0 saturated carbocycles. The summed E-state index contributed by atoms with van der Waals surface area (Å²) >= 11 is 0. The zero-order valence-electron chi connectivity index (χ0n) is 19.9. The van der Waals surface area contributed by atoms with Gasteiger partial charge in [-0.1, -0.05) is 36.4 Å². The number of aromatic nitrogens is 2. The monoisotopic (exact) mass is 466 g/mol. The van der Waals surface area contributed by atoms with E-state index in [1.165, 1.54) is 9.47 Å². The molecular weight excluding hydrogens is 440 g/mol. The predicted molar refractivity (Wildman–Crippen MR) is 137 cm³/mol. The summed E-state index contributed by atoms with van der Waals surface area (Å²) in [5, 5.41) is 22.3. The second-order valence-corrected chi connectivity index (χ2v) is 9.29. The summed E-state index contributed by atoms with van der Waals surface area (Å²) in [6, 6.07) is 17.4. The molecule has 0 unspecified atom stereocenters. The summed E-state index contributed by atoms with van der Waals surface area (Å²) < 4.78 is 1.52. The minimum Gasteiger partial charge on any atom is -0.465 e. The number of hydrogen-bond acceptors (Lipinski definition) is 4. The van der Waals surface area contributed by atoms with E-state index in [0.717, 1.165) is 21.7 Å². The Morgan fingerprint density at radius 3 is 2.60 bits per heavy atom. The van der Waals surface area contributed by atoms with Gasteiger partial charge in [0, 0.05) is 53.4 Å². The van der Waals surface area contributed by atoms with Gasteiger partial charge in [-0.05, 0) is 49.9 Å². The van der Waals surface area contributed by atoms with E-state index in [2.05, 4.69) is 11.1 Å². The van der Waals surface area contributed by atoms with Gasteiger partial charge in [0.05, 0.1) is 17.2 Å². The van der Waals surface area contributed by atoms with Crippen LogP contribution in [0.3, 0.4) is 0 Å². The van der Waals surface area contributed by atoms with Gasteiger partial charge in [-0.25, -0.2) is 4.79 Å². The lowest BCUT2D eigenvalue weighted by Gasteiger charge is -2.32. The van der Waals surface area contributed by atoms with Gasteiger partial charge >= 0.3 is 6.09 Å². The first-order chi connectivity index (χ1) is 16.7. The number of fused-ring (bicyclic) bond motifs is 2. The zero-order valence-corrected chi connectivity index (χ0v) is 19.9. The van der Waals surface area contributed by atoms with E-state index in [0.29, 0.717) is 16.7 Å². The average Bonchev–Trinajstić information content (AvgIpc) is 3.21. The Morgan fingerprint density at radius 2 is 1.89 bits per heavy atom. The number of carbonyl (C=O) groups is 2. The summed E-state index contributed by atoms with van der Waals surface area (Å²) in [4.78, 5) is 30.3. The third-order valence-corrected chi connectivity index (χ3v) is 6.00. The fraction of sp³-hybridized carbons (Fsp3) is 0.214. The highest BCUT2D eigenvalue weighted by Crippen LogP contribution is 2.30. The van der Waals surface area contributed by atoms with Crippen LogP contribution in [0.2, 0.25) is 0 Å². The number of benzene rings is 2. The molecule has 0 atom stereocenters. The minimum absolute atomic E-state index is 0.0175. The number of amides is 1. The number of carbonyl (C=O) groups excluding carboxylic acids is 1. The molecule has 1 N–H and O–H groups in total. The van der Waals surface area contributed by atoms with Gasteiger partial charge in [0.1, 0.15) is 0 Å². The summed E-state index contributed by atoms with van der Waals surface area (Å²) in [5.74, 6) is -0.239. The molecule has 0 spiro atoms. The lowest BCUT2D eigenvalue weighted by molar-refractivity contribution is 0.0816. The first kappa shape index (κ1) is 23.7. The third-order valence-electron chi connectivity index (χ3n) is 6.00. The molecule has 0 fully saturated rings. The van der Waals surface area contributed by atoms with E-state index >= 15 is 0 Å². The maximum Gasteiger partial charge on any atom is 0.407 e. The second kappa shape index (κ2) is 9.43. The normalized spacial score (nSPS) is 12.0. The Kier molecular flexibility index (Phi) is 6.39. The fourth-order valence-corrected chi connectivity index (χ4v) is 4.25. The lowest BCUT2D eigenvalue weighted by Crippen LogP contribution is -2.46. The van der Waals surface area contributed by atoms with Crippen molar-refractivity contribution in [2.24, 2.45) is 0 Å². The molecule has 4 rings (SSSR count). The number of rotatable bonds is 5. The predicted octanol–water partition coefficient (Wildman–Crippen LogP) is 6.06. The summed E-state index contributed by atoms with van der Waals surface area (Å²) in [7, 11) is 0. The SMILES string of the molecule is CC(C)(C)N(CCC(=O)n1cc(/C(C#N)=C/c2cccc3cnccc23)c2ccccc21)C(=O)O. The van der Waals surface area contributed by atoms with Crippen molar-refractivity contribution in [3.8, 4) is 6.07 Å². The Morgan fingerprint density at radius 1 is 1.11 bits per heavy atom. The van der Waals surface area contributed by atoms with Crippen LogP contribution in [0, 0.1) is 11.3 Å². The lowest BCUT2D eigenvalue weighted by atomic mass is 10.00. The van der Waals surface area contributed by atoms with E-state index in [1.54, 1.807) is 39.4 Å². The smallest absolute Gasteiger partial charge is 0.407 e. The van der Waals surface area contributed by atoms with Gasteiger partial charge in [-0.2, -0.15) is 5.26 Å². The van der Waals surface area contributed by atoms with Crippen molar-refractivity contribution >= 4 is 45.3 Å². The maximum atomic E-state index is 13.2. The standard InChI is InChI=1S/C28H26N4O3/c1-28(2,3)32(27(34)35)14-12-26(33)31-18-24(23-9-4-5-10-25(23)31)21(16-29)15-19-7-6-8-20-17-30-13-11-22(19)20/h4-11,13,15,17-18H,12,14H2,1-3H3,(H,34,35)/b21-15+. The molecular formula is C28H26N4O3. The number of pyridine rings is 1. The van der Waals surface area contributed by atoms with Crippen LogP contribution < -0.4 is 0 Å². The van der Waals surface area contributed by atoms with E-state index in [9.17, 15) is 20.0 Å². The summed E-state index contributed by atoms with van der Waals surface area (Å²) in [5.41, 5.74) is 2.01. The number of carboxylic acid groups (broad SMARTS) is 1. The Balaban J connectivity index is 1.75. The Hall–Kier alpha value is -4.44. The number of para-hydroxylation sites is 1. The largest absolute Gasteiger partial charge is 0.465 e. The van der Waals surface area contributed by atoms with Crippen molar-refractivity contribution in [3.05, 3.63) is 78.2 Å². The van der Waals surface area contributed by atoms with Gasteiger partial charge in [0.15, 0.2) is 0 Å². The maximum absolute atomic E-state index is 13.2. The van der Waals surface area contributed by atoms with Crippen molar-refractivity contribution in [1.29, 1.82) is 5.26 Å². The molecule has 0 aliphatic carbocycles. The molecule has 176 valence electrons. The Bertz CT molecular complexity index is 1500. The van der Waals surface area contributed by atoms with Crippen LogP contribution in [0.1, 0.15) is 43.1 Å². The number of nitrogens with zero attached hydrogens (tertiary/aromatic N) is 4. The van der Waals surface area contributed by atoms with Gasteiger partial charge in [-0.15, -0.1) is 0 Å². The molecule has 2 aromatic carbocycles. The van der Waals surface area contributed by atoms with Crippen molar-refractivity contribution in [3.63, 3.8) is 0 Å². The molecule has 35 heavy (non-hydrogen) atoms. The average molecular weight is 467 g/mol. The fourth-order valence-electron chi connectivity index (χ4n) is 4.25. The van der Waals surface area contributed by atoms with Crippen LogP contribution in [0.15, 0.2) is 67.1 Å². The molecule has 0 radical (unpaired) electrons. The molecule has 4 aromatic rings. The molecule has 0 aliphatic heterocycles. The molecule has 2 heterocycles. The van der Waals surface area contributed by atoms with Crippen LogP contribution in [0.5, 0.6) is 0 Å². The zero-order chi connectivity index (χ0) is 25.2. The van der Waals surface area contributed by atoms with E-state index in [1.807, 2.05) is 54.6 Å². The van der Waals surface area contributed by atoms with Crippen LogP contribution in [-0.2, 0) is 0 Å². The molecule has 1 amide bonds. The van der Waals surface area contributed by atoms with E-state index in [-0.39, 0.29) is 18.9 Å². The van der Waals surface area contributed by atoms with Crippen molar-refractivity contribution in [2.75, 3.05) is 6.54 Å². The number of allylic oxidation sites excluding steroid dienone is 1. The van der Waals surface area contributed by atoms with Crippen molar-refractivity contribution < 1.29 is 14.7 Å². The highest BCUT2D eigenvalue weighted by atomic mass is 16.4.